The lowest BCUT2D eigenvalue weighted by atomic mass is 9.85. The van der Waals surface area contributed by atoms with Crippen LogP contribution in [0.15, 0.2) is 6.08 Å². The van der Waals surface area contributed by atoms with E-state index in [-0.39, 0.29) is 5.91 Å². The summed E-state index contributed by atoms with van der Waals surface area (Å²) in [7, 11) is 3.70. The molecule has 0 N–H and O–H groups in total. The maximum Gasteiger partial charge on any atom is 0.246 e. The van der Waals surface area contributed by atoms with E-state index in [9.17, 15) is 4.79 Å². The SMILES string of the molecule is Cc1nn(C)c(Cl)c1/C=C/C(=O)N(C)C1CCCCC1C. The Labute approximate surface area is 131 Å². The predicted octanol–water partition coefficient (Wildman–Crippen LogP) is 3.43. The van der Waals surface area contributed by atoms with Crippen molar-refractivity contribution in [3.63, 3.8) is 0 Å². The summed E-state index contributed by atoms with van der Waals surface area (Å²) in [4.78, 5) is 14.2. The van der Waals surface area contributed by atoms with Crippen LogP contribution in [0.4, 0.5) is 0 Å². The van der Waals surface area contributed by atoms with Gasteiger partial charge in [0.15, 0.2) is 0 Å². The van der Waals surface area contributed by atoms with Crippen molar-refractivity contribution in [3.8, 4) is 0 Å². The van der Waals surface area contributed by atoms with Gasteiger partial charge >= 0.3 is 0 Å². The van der Waals surface area contributed by atoms with Gasteiger partial charge in [-0.25, -0.2) is 0 Å². The Kier molecular flexibility index (Phi) is 5.09. The molecule has 1 aliphatic rings. The fraction of sp³-hybridized carbons (Fsp3) is 0.625. The molecule has 1 aromatic heterocycles. The molecule has 1 fully saturated rings. The van der Waals surface area contributed by atoms with E-state index in [1.54, 1.807) is 23.9 Å². The van der Waals surface area contributed by atoms with Crippen LogP contribution < -0.4 is 0 Å². The van der Waals surface area contributed by atoms with Crippen LogP contribution in [0, 0.1) is 12.8 Å². The first-order valence-electron chi connectivity index (χ1n) is 7.55. The number of rotatable bonds is 3. The molecular formula is C16H24ClN3O. The number of carbonyl (C=O) groups is 1. The van der Waals surface area contributed by atoms with Crippen molar-refractivity contribution in [1.29, 1.82) is 0 Å². The highest BCUT2D eigenvalue weighted by Crippen LogP contribution is 2.27. The topological polar surface area (TPSA) is 38.1 Å². The molecular weight excluding hydrogens is 286 g/mol. The molecule has 1 heterocycles. The first kappa shape index (κ1) is 16.1. The molecule has 0 aromatic carbocycles. The zero-order chi connectivity index (χ0) is 15.6. The summed E-state index contributed by atoms with van der Waals surface area (Å²) in [5, 5.41) is 4.80. The first-order valence-corrected chi connectivity index (χ1v) is 7.93. The highest BCUT2D eigenvalue weighted by molar-refractivity contribution is 6.31. The molecule has 0 aliphatic heterocycles. The molecule has 2 unspecified atom stereocenters. The lowest BCUT2D eigenvalue weighted by molar-refractivity contribution is -0.128. The molecule has 116 valence electrons. The van der Waals surface area contributed by atoms with Crippen molar-refractivity contribution >= 4 is 23.6 Å². The minimum absolute atomic E-state index is 0.0352. The maximum absolute atomic E-state index is 12.4. The van der Waals surface area contributed by atoms with Gasteiger partial charge in [0, 0.05) is 31.8 Å². The number of aromatic nitrogens is 2. The standard InChI is InChI=1S/C16H24ClN3O/c1-11-7-5-6-8-14(11)19(3)15(21)10-9-13-12(2)18-20(4)16(13)17/h9-11,14H,5-8H2,1-4H3/b10-9+. The van der Waals surface area contributed by atoms with Crippen LogP contribution in [0.2, 0.25) is 5.15 Å². The molecule has 21 heavy (non-hydrogen) atoms. The summed E-state index contributed by atoms with van der Waals surface area (Å²) in [5.74, 6) is 0.609. The minimum atomic E-state index is 0.0352. The molecule has 1 aliphatic carbocycles. The van der Waals surface area contributed by atoms with Gasteiger partial charge in [0.1, 0.15) is 5.15 Å². The third-order valence-electron chi connectivity index (χ3n) is 4.50. The minimum Gasteiger partial charge on any atom is -0.339 e. The van der Waals surface area contributed by atoms with E-state index >= 15 is 0 Å². The molecule has 0 bridgehead atoms. The Balaban J connectivity index is 2.08. The molecule has 1 saturated carbocycles. The molecule has 1 aromatic rings. The predicted molar refractivity (Wildman–Crippen MR) is 86.2 cm³/mol. The van der Waals surface area contributed by atoms with E-state index in [0.717, 1.165) is 17.7 Å². The third kappa shape index (κ3) is 3.49. The van der Waals surface area contributed by atoms with Gasteiger partial charge in [0.05, 0.1) is 5.69 Å². The average molecular weight is 310 g/mol. The maximum atomic E-state index is 12.4. The van der Waals surface area contributed by atoms with E-state index in [1.807, 2.05) is 18.9 Å². The van der Waals surface area contributed by atoms with Gasteiger partial charge in [-0.1, -0.05) is 31.4 Å². The Bertz CT molecular complexity index is 550. The summed E-state index contributed by atoms with van der Waals surface area (Å²) in [5.41, 5.74) is 1.65. The largest absolute Gasteiger partial charge is 0.339 e. The summed E-state index contributed by atoms with van der Waals surface area (Å²) >= 11 is 6.17. The quantitative estimate of drug-likeness (QED) is 0.802. The van der Waals surface area contributed by atoms with E-state index in [4.69, 9.17) is 11.6 Å². The molecule has 2 rings (SSSR count). The molecule has 1 amide bonds. The second kappa shape index (κ2) is 6.65. The van der Waals surface area contributed by atoms with Crippen molar-refractivity contribution in [1.82, 2.24) is 14.7 Å². The Morgan fingerprint density at radius 3 is 2.67 bits per heavy atom. The van der Waals surface area contributed by atoms with Crippen LogP contribution in [-0.2, 0) is 11.8 Å². The van der Waals surface area contributed by atoms with Crippen LogP contribution in [0.1, 0.15) is 43.9 Å². The van der Waals surface area contributed by atoms with Crippen LogP contribution >= 0.6 is 11.6 Å². The lowest BCUT2D eigenvalue weighted by Gasteiger charge is -2.35. The normalized spacial score (nSPS) is 22.7. The number of hydrogen-bond acceptors (Lipinski definition) is 2. The zero-order valence-corrected chi connectivity index (χ0v) is 14.0. The second-order valence-corrected chi connectivity index (χ2v) is 6.38. The molecule has 4 nitrogen and oxygen atoms in total. The lowest BCUT2D eigenvalue weighted by Crippen LogP contribution is -2.41. The Morgan fingerprint density at radius 1 is 1.43 bits per heavy atom. The van der Waals surface area contributed by atoms with Gasteiger partial charge in [-0.05, 0) is 31.8 Å². The van der Waals surface area contributed by atoms with Gasteiger partial charge in [-0.3, -0.25) is 9.48 Å². The smallest absolute Gasteiger partial charge is 0.246 e. The average Bonchev–Trinajstić information content (AvgIpc) is 2.69. The second-order valence-electron chi connectivity index (χ2n) is 6.03. The number of carbonyl (C=O) groups excluding carboxylic acids is 1. The number of nitrogens with zero attached hydrogens (tertiary/aromatic N) is 3. The fourth-order valence-electron chi connectivity index (χ4n) is 3.14. The Hall–Kier alpha value is -1.29. The monoisotopic (exact) mass is 309 g/mol. The van der Waals surface area contributed by atoms with Gasteiger partial charge < -0.3 is 4.90 Å². The number of aryl methyl sites for hydroxylation is 2. The van der Waals surface area contributed by atoms with Gasteiger partial charge in [0.25, 0.3) is 0 Å². The van der Waals surface area contributed by atoms with E-state index in [2.05, 4.69) is 12.0 Å². The van der Waals surface area contributed by atoms with Crippen molar-refractivity contribution in [2.24, 2.45) is 13.0 Å². The Morgan fingerprint density at radius 2 is 2.10 bits per heavy atom. The molecule has 0 saturated heterocycles. The molecule has 2 atom stereocenters. The number of halogens is 1. The van der Waals surface area contributed by atoms with Gasteiger partial charge in [-0.15, -0.1) is 0 Å². The van der Waals surface area contributed by atoms with E-state index in [0.29, 0.717) is 17.1 Å². The first-order chi connectivity index (χ1) is 9.91. The third-order valence-corrected chi connectivity index (χ3v) is 4.95. The number of hydrogen-bond donors (Lipinski definition) is 0. The van der Waals surface area contributed by atoms with Crippen LogP contribution in [0.25, 0.3) is 6.08 Å². The highest BCUT2D eigenvalue weighted by Gasteiger charge is 2.26. The number of likely N-dealkylation sites (N-methyl/N-ethyl adjacent to an activating group) is 1. The summed E-state index contributed by atoms with van der Waals surface area (Å²) < 4.78 is 1.62. The van der Waals surface area contributed by atoms with E-state index < -0.39 is 0 Å². The summed E-state index contributed by atoms with van der Waals surface area (Å²) in [6, 6.07) is 0.348. The van der Waals surface area contributed by atoms with Crippen LogP contribution in [-0.4, -0.2) is 33.7 Å². The summed E-state index contributed by atoms with van der Waals surface area (Å²) in [6.45, 7) is 4.13. The van der Waals surface area contributed by atoms with Crippen molar-refractivity contribution in [2.45, 2.75) is 45.6 Å². The van der Waals surface area contributed by atoms with Crippen LogP contribution in [0.5, 0.6) is 0 Å². The molecule has 5 heteroatoms. The highest BCUT2D eigenvalue weighted by atomic mass is 35.5. The van der Waals surface area contributed by atoms with Crippen molar-refractivity contribution in [3.05, 3.63) is 22.5 Å². The van der Waals surface area contributed by atoms with Crippen molar-refractivity contribution < 1.29 is 4.79 Å². The molecule has 0 radical (unpaired) electrons. The van der Waals surface area contributed by atoms with Gasteiger partial charge in [-0.2, -0.15) is 5.10 Å². The zero-order valence-electron chi connectivity index (χ0n) is 13.3. The van der Waals surface area contributed by atoms with Gasteiger partial charge in [0.2, 0.25) is 5.91 Å². The molecule has 0 spiro atoms. The summed E-state index contributed by atoms with van der Waals surface area (Å²) in [6.07, 6.45) is 8.18. The van der Waals surface area contributed by atoms with Crippen molar-refractivity contribution in [2.75, 3.05) is 7.05 Å². The fourth-order valence-corrected chi connectivity index (χ4v) is 3.38. The number of amides is 1. The van der Waals surface area contributed by atoms with E-state index in [1.165, 1.54) is 19.3 Å². The van der Waals surface area contributed by atoms with Crippen LogP contribution in [0.3, 0.4) is 0 Å².